The number of anilines is 7. The molecule has 0 amide bonds. The number of nitrogens with zero attached hydrogens (tertiary/aromatic N) is 9. The van der Waals surface area contributed by atoms with Crippen LogP contribution in [0.25, 0.3) is 12.2 Å². The van der Waals surface area contributed by atoms with Crippen LogP contribution in [0.3, 0.4) is 0 Å². The third-order valence-corrected chi connectivity index (χ3v) is 10.4. The van der Waals surface area contributed by atoms with Crippen LogP contribution >= 0.6 is 0 Å². The van der Waals surface area contributed by atoms with Crippen molar-refractivity contribution >= 4 is 83.6 Å². The number of aryl methyl sites for hydroxylation is 1. The van der Waals surface area contributed by atoms with Gasteiger partial charge in [0.1, 0.15) is 15.6 Å². The van der Waals surface area contributed by atoms with Gasteiger partial charge in [-0.1, -0.05) is 31.2 Å². The smallest absolute Gasteiger partial charge is 0.295 e. The second-order valence-electron chi connectivity index (χ2n) is 13.2. The van der Waals surface area contributed by atoms with Crippen LogP contribution in [-0.4, -0.2) is 138 Å². The first kappa shape index (κ1) is 45.6. The van der Waals surface area contributed by atoms with Crippen LogP contribution in [0, 0.1) is 0 Å². The van der Waals surface area contributed by atoms with Crippen molar-refractivity contribution in [3.8, 4) is 0 Å². The molecule has 0 bridgehead atoms. The quantitative estimate of drug-likeness (QED) is 0.0521. The van der Waals surface area contributed by atoms with Gasteiger partial charge in [-0.15, -0.1) is 0 Å². The largest absolute Gasteiger partial charge is 0.392 e. The Hall–Kier alpha value is -5.15. The van der Waals surface area contributed by atoms with Gasteiger partial charge in [-0.25, -0.2) is 0 Å². The van der Waals surface area contributed by atoms with Gasteiger partial charge in [0.2, 0.25) is 29.7 Å². The van der Waals surface area contributed by atoms with Crippen LogP contribution in [0.4, 0.5) is 41.1 Å². The minimum Gasteiger partial charge on any atom is -0.392 e. The highest BCUT2D eigenvalue weighted by Gasteiger charge is 2.21. The minimum absolute atomic E-state index is 0.0388. The van der Waals surface area contributed by atoms with Crippen LogP contribution in [0.1, 0.15) is 37.7 Å². The first-order chi connectivity index (χ1) is 26.9. The van der Waals surface area contributed by atoms with Crippen LogP contribution in [0.15, 0.2) is 46.2 Å². The van der Waals surface area contributed by atoms with Gasteiger partial charge < -0.3 is 35.5 Å². The number of rotatable bonds is 19. The highest BCUT2D eigenvalue weighted by atomic mass is 32.2. The molecule has 2 aromatic carbocycles. The molecule has 58 heavy (non-hydrogen) atoms. The molecule has 0 aliphatic heterocycles. The van der Waals surface area contributed by atoms with Crippen LogP contribution in [0.5, 0.6) is 0 Å². The summed E-state index contributed by atoms with van der Waals surface area (Å²) < 4.78 is 102. The van der Waals surface area contributed by atoms with Crippen molar-refractivity contribution in [2.75, 3.05) is 71.9 Å². The van der Waals surface area contributed by atoms with Gasteiger partial charge in [-0.2, -0.15) is 55.2 Å². The van der Waals surface area contributed by atoms with Gasteiger partial charge in [-0.3, -0.25) is 13.7 Å². The lowest BCUT2D eigenvalue weighted by Gasteiger charge is -2.22. The maximum Gasteiger partial charge on any atom is 0.295 e. The third-order valence-electron chi connectivity index (χ3n) is 7.92. The summed E-state index contributed by atoms with van der Waals surface area (Å²) in [5.74, 6) is -0.0364. The van der Waals surface area contributed by atoms with Crippen LogP contribution in [0.2, 0.25) is 0 Å². The summed E-state index contributed by atoms with van der Waals surface area (Å²) >= 11 is 0. The summed E-state index contributed by atoms with van der Waals surface area (Å²) in [6, 6.07) is 7.69. The number of aliphatic hydroxyl groups is 2. The van der Waals surface area contributed by atoms with Gasteiger partial charge in [0.15, 0.2) is 0 Å². The number of hydrogen-bond donors (Lipinski definition) is 7. The molecule has 2 aromatic heterocycles. The molecule has 0 saturated heterocycles. The molecular formula is C33H45N11O11S3. The van der Waals surface area contributed by atoms with Gasteiger partial charge in [0, 0.05) is 58.6 Å². The average Bonchev–Trinajstić information content (AvgIpc) is 3.11. The zero-order chi connectivity index (χ0) is 43.2. The van der Waals surface area contributed by atoms with Crippen molar-refractivity contribution in [2.45, 2.75) is 49.2 Å². The van der Waals surface area contributed by atoms with Gasteiger partial charge >= 0.3 is 0 Å². The number of nitrogens with one attached hydrogen (secondary N) is 2. The van der Waals surface area contributed by atoms with Crippen molar-refractivity contribution < 1.29 is 49.1 Å². The summed E-state index contributed by atoms with van der Waals surface area (Å²) in [5.41, 5.74) is 0.0952. The van der Waals surface area contributed by atoms with Crippen molar-refractivity contribution in [2.24, 2.45) is 0 Å². The molecule has 2 heterocycles. The summed E-state index contributed by atoms with van der Waals surface area (Å²) in [4.78, 5) is 29.2. The monoisotopic (exact) mass is 867 g/mol. The first-order valence-corrected chi connectivity index (χ1v) is 21.8. The zero-order valence-electron chi connectivity index (χ0n) is 32.2. The lowest BCUT2D eigenvalue weighted by molar-refractivity contribution is 0.200. The third kappa shape index (κ3) is 13.2. The number of aromatic nitrogens is 6. The Balaban J connectivity index is 1.68. The van der Waals surface area contributed by atoms with Crippen molar-refractivity contribution in [3.05, 3.63) is 53.3 Å². The second-order valence-corrected chi connectivity index (χ2v) is 17.5. The van der Waals surface area contributed by atoms with E-state index in [1.165, 1.54) is 60.2 Å². The van der Waals surface area contributed by atoms with E-state index in [9.17, 15) is 49.1 Å². The molecule has 25 heteroatoms. The van der Waals surface area contributed by atoms with Crippen LogP contribution < -0.4 is 25.3 Å². The molecule has 4 aromatic rings. The van der Waals surface area contributed by atoms with Crippen molar-refractivity contribution in [3.63, 3.8) is 0 Å². The molecule has 0 spiro atoms. The SMILES string of the molecule is CCc1nc(Nc2ccc(C=Cc3ccc(Nc4nc(N(C)CCS(=O)(=O)O)nc(N(C)CC(C)O)n4)cc3S(=O)(=O)O)c(S(=O)(=O)O)c2)nc(N(C)CC(C)O)n1. The van der Waals surface area contributed by atoms with E-state index in [0.717, 1.165) is 12.1 Å². The molecule has 2 unspecified atom stereocenters. The van der Waals surface area contributed by atoms with Crippen LogP contribution in [-0.2, 0) is 36.8 Å². The van der Waals surface area contributed by atoms with E-state index in [-0.39, 0.29) is 71.9 Å². The summed E-state index contributed by atoms with van der Waals surface area (Å²) in [6.45, 7) is 5.08. The predicted molar refractivity (Wildman–Crippen MR) is 217 cm³/mol. The molecule has 0 radical (unpaired) electrons. The lowest BCUT2D eigenvalue weighted by Crippen LogP contribution is -2.31. The zero-order valence-corrected chi connectivity index (χ0v) is 34.7. The molecule has 0 aliphatic carbocycles. The fourth-order valence-corrected chi connectivity index (χ4v) is 7.16. The summed E-state index contributed by atoms with van der Waals surface area (Å²) in [5, 5.41) is 25.4. The van der Waals surface area contributed by atoms with E-state index in [1.54, 1.807) is 25.9 Å². The maximum absolute atomic E-state index is 12.6. The van der Waals surface area contributed by atoms with E-state index in [2.05, 4.69) is 40.5 Å². The van der Waals surface area contributed by atoms with Gasteiger partial charge in [0.25, 0.3) is 30.4 Å². The van der Waals surface area contributed by atoms with Crippen molar-refractivity contribution in [1.82, 2.24) is 29.9 Å². The molecule has 316 valence electrons. The molecule has 0 fully saturated rings. The predicted octanol–water partition coefficient (Wildman–Crippen LogP) is 1.73. The van der Waals surface area contributed by atoms with E-state index in [1.807, 2.05) is 6.92 Å². The highest BCUT2D eigenvalue weighted by molar-refractivity contribution is 7.86. The van der Waals surface area contributed by atoms with E-state index < -0.39 is 58.1 Å². The average molecular weight is 868 g/mol. The first-order valence-electron chi connectivity index (χ1n) is 17.3. The van der Waals surface area contributed by atoms with E-state index in [4.69, 9.17) is 0 Å². The summed E-state index contributed by atoms with van der Waals surface area (Å²) in [6.07, 6.45) is 1.40. The Morgan fingerprint density at radius 3 is 1.45 bits per heavy atom. The number of hydrogen-bond acceptors (Lipinski definition) is 19. The Labute approximate surface area is 336 Å². The number of likely N-dealkylation sites (N-methyl/N-ethyl adjacent to an activating group) is 2. The molecule has 4 rings (SSSR count). The lowest BCUT2D eigenvalue weighted by atomic mass is 10.1. The van der Waals surface area contributed by atoms with Crippen molar-refractivity contribution in [1.29, 1.82) is 0 Å². The minimum atomic E-state index is -4.92. The molecule has 0 aliphatic rings. The fourth-order valence-electron chi connectivity index (χ4n) is 5.24. The topological polar surface area (TPSA) is 315 Å². The molecule has 7 N–H and O–H groups in total. The van der Waals surface area contributed by atoms with Gasteiger partial charge in [0.05, 0.1) is 18.0 Å². The second kappa shape index (κ2) is 18.6. The molecular weight excluding hydrogens is 823 g/mol. The number of aliphatic hydroxyl groups excluding tert-OH is 2. The van der Waals surface area contributed by atoms with E-state index >= 15 is 0 Å². The van der Waals surface area contributed by atoms with Gasteiger partial charge in [-0.05, 0) is 49.2 Å². The van der Waals surface area contributed by atoms with E-state index in [0.29, 0.717) is 12.2 Å². The Kier molecular flexibility index (Phi) is 14.6. The molecule has 2 atom stereocenters. The summed E-state index contributed by atoms with van der Waals surface area (Å²) in [7, 11) is -9.37. The molecule has 0 saturated carbocycles. The normalized spacial score (nSPS) is 13.3. The standard InChI is InChI=1S/C33H45N11O11S3/c1-7-28-36-29(38-31(37-28)43(5)18-20(2)45)34-24-12-10-22(26(16-24)57(50,51)52)8-9-23-11-13-25(17-27(23)58(53,54)55)35-30-39-32(42(4)14-15-56(47,48)49)41-33(40-30)44(6)19-21(3)46/h8-13,16-17,20-21,45-46H,7,14-15,18-19H2,1-6H3,(H,47,48,49)(H,50,51,52)(H,53,54,55)(H,34,36,37,38)(H,35,39,40,41). The Morgan fingerprint density at radius 1 is 0.638 bits per heavy atom. The Morgan fingerprint density at radius 2 is 1.05 bits per heavy atom. The highest BCUT2D eigenvalue weighted by Crippen LogP contribution is 2.28. The molecule has 22 nitrogen and oxygen atoms in total. The Bertz CT molecular complexity index is 2470. The fraction of sp³-hybridized carbons (Fsp3) is 0.394. The number of benzene rings is 2. The maximum atomic E-state index is 12.6.